The molecule has 0 bridgehead atoms. The number of anilines is 1. The molecule has 1 aromatic carbocycles. The first-order valence-corrected chi connectivity index (χ1v) is 11.1. The molecule has 0 aromatic heterocycles. The van der Waals surface area contributed by atoms with Crippen LogP contribution >= 0.6 is 0 Å². The molecule has 0 aliphatic rings. The molecule has 10 heteroatoms. The van der Waals surface area contributed by atoms with E-state index in [2.05, 4.69) is 5.32 Å². The van der Waals surface area contributed by atoms with Crippen LogP contribution in [-0.4, -0.2) is 33.7 Å². The molecule has 0 amide bonds. The highest BCUT2D eigenvalue weighted by Crippen LogP contribution is 2.28. The van der Waals surface area contributed by atoms with E-state index in [4.69, 9.17) is 13.3 Å². The number of nitrogens with one attached hydrogen (secondary N) is 1. The summed E-state index contributed by atoms with van der Waals surface area (Å²) in [6, 6.07) is 0.309. The van der Waals surface area contributed by atoms with Gasteiger partial charge in [-0.25, -0.2) is 22.0 Å². The van der Waals surface area contributed by atoms with Crippen molar-refractivity contribution in [1.29, 1.82) is 0 Å². The van der Waals surface area contributed by atoms with Crippen molar-refractivity contribution in [1.82, 2.24) is 0 Å². The Hall–Kier alpha value is -1.23. The van der Waals surface area contributed by atoms with Crippen LogP contribution in [-0.2, 0) is 13.3 Å². The Kier molecular flexibility index (Phi) is 9.32. The molecular formula is C18H28F5NO3Si. The lowest BCUT2D eigenvalue weighted by atomic mass is 10.2. The summed E-state index contributed by atoms with van der Waals surface area (Å²) in [5.74, 6) is -9.95. The molecular weight excluding hydrogens is 401 g/mol. The Bertz CT molecular complexity index is 603. The van der Waals surface area contributed by atoms with Crippen molar-refractivity contribution in [3.8, 4) is 0 Å². The highest BCUT2D eigenvalue weighted by atomic mass is 28.4. The Balaban J connectivity index is 2.90. The van der Waals surface area contributed by atoms with E-state index in [0.717, 1.165) is 0 Å². The van der Waals surface area contributed by atoms with Gasteiger partial charge in [-0.05, 0) is 48.0 Å². The monoisotopic (exact) mass is 429 g/mol. The Morgan fingerprint density at radius 1 is 0.679 bits per heavy atom. The number of rotatable bonds is 11. The Labute approximate surface area is 163 Å². The van der Waals surface area contributed by atoms with Crippen LogP contribution in [0.5, 0.6) is 0 Å². The van der Waals surface area contributed by atoms with Crippen molar-refractivity contribution in [2.75, 3.05) is 11.9 Å². The predicted molar refractivity (Wildman–Crippen MR) is 98.6 cm³/mol. The first-order valence-electron chi connectivity index (χ1n) is 9.19. The molecule has 1 rings (SSSR count). The van der Waals surface area contributed by atoms with Gasteiger partial charge in [0.15, 0.2) is 23.3 Å². The molecule has 0 fully saturated rings. The summed E-state index contributed by atoms with van der Waals surface area (Å²) in [6.07, 6.45) is -0.246. The zero-order chi connectivity index (χ0) is 21.6. The second-order valence-corrected chi connectivity index (χ2v) is 9.73. The summed E-state index contributed by atoms with van der Waals surface area (Å²) in [6.45, 7) is 11.0. The van der Waals surface area contributed by atoms with E-state index in [0.29, 0.717) is 6.04 Å². The van der Waals surface area contributed by atoms with E-state index in [9.17, 15) is 22.0 Å². The number of benzene rings is 1. The van der Waals surface area contributed by atoms with Crippen LogP contribution in [0.25, 0.3) is 0 Å². The first kappa shape index (κ1) is 24.8. The average molecular weight is 430 g/mol. The molecule has 0 aliphatic carbocycles. The van der Waals surface area contributed by atoms with Crippen LogP contribution in [0.1, 0.15) is 48.0 Å². The van der Waals surface area contributed by atoms with Crippen molar-refractivity contribution in [3.05, 3.63) is 29.1 Å². The molecule has 0 aliphatic heterocycles. The lowest BCUT2D eigenvalue weighted by Crippen LogP contribution is -2.50. The summed E-state index contributed by atoms with van der Waals surface area (Å²) in [5.41, 5.74) is -1.05. The summed E-state index contributed by atoms with van der Waals surface area (Å²) in [5, 5.41) is 2.28. The second kappa shape index (κ2) is 10.5. The standard InChI is InChI=1S/C18H28F5NO3Si/c1-10(2)25-28(26-11(3)4,27-12(5)6)9-7-8-24-18-16(22)14(20)13(19)15(21)17(18)23/h10-12,24H,7-9H2,1-6H3. The number of hydrogen-bond acceptors (Lipinski definition) is 4. The molecule has 0 atom stereocenters. The van der Waals surface area contributed by atoms with E-state index < -0.39 is 43.6 Å². The largest absolute Gasteiger partial charge is 0.501 e. The van der Waals surface area contributed by atoms with Gasteiger partial charge in [-0.3, -0.25) is 0 Å². The number of hydrogen-bond donors (Lipinski definition) is 1. The van der Waals surface area contributed by atoms with Gasteiger partial charge in [-0.2, -0.15) is 0 Å². The molecule has 0 saturated carbocycles. The van der Waals surface area contributed by atoms with E-state index in [1.165, 1.54) is 0 Å². The molecule has 0 saturated heterocycles. The predicted octanol–water partition coefficient (Wildman–Crippen LogP) is 5.40. The van der Waals surface area contributed by atoms with Gasteiger partial charge in [-0.15, -0.1) is 0 Å². The fraction of sp³-hybridized carbons (Fsp3) is 0.667. The van der Waals surface area contributed by atoms with Crippen molar-refractivity contribution in [3.63, 3.8) is 0 Å². The van der Waals surface area contributed by atoms with E-state index in [-0.39, 0.29) is 31.3 Å². The maximum absolute atomic E-state index is 13.7. The number of halogens is 5. The maximum atomic E-state index is 13.7. The third-order valence-electron chi connectivity index (χ3n) is 3.42. The van der Waals surface area contributed by atoms with Gasteiger partial charge in [0.1, 0.15) is 5.69 Å². The minimum atomic E-state index is -3.12. The van der Waals surface area contributed by atoms with Gasteiger partial charge in [0.2, 0.25) is 5.82 Å². The van der Waals surface area contributed by atoms with Crippen molar-refractivity contribution >= 4 is 14.5 Å². The molecule has 0 spiro atoms. The van der Waals surface area contributed by atoms with Crippen LogP contribution in [0.2, 0.25) is 6.04 Å². The molecule has 162 valence electrons. The molecule has 4 nitrogen and oxygen atoms in total. The van der Waals surface area contributed by atoms with Crippen molar-refractivity contribution in [2.24, 2.45) is 0 Å². The summed E-state index contributed by atoms with van der Waals surface area (Å²) in [4.78, 5) is 0. The first-order chi connectivity index (χ1) is 12.9. The van der Waals surface area contributed by atoms with E-state index in [1.54, 1.807) is 0 Å². The quantitative estimate of drug-likeness (QED) is 0.168. The SMILES string of the molecule is CC(C)O[Si](CCCNc1c(F)c(F)c(F)c(F)c1F)(OC(C)C)OC(C)C. The third kappa shape index (κ3) is 6.68. The smallest absolute Gasteiger partial charge is 0.380 e. The lowest BCUT2D eigenvalue weighted by Gasteiger charge is -2.34. The summed E-state index contributed by atoms with van der Waals surface area (Å²) < 4.78 is 85.0. The zero-order valence-corrected chi connectivity index (χ0v) is 18.0. The van der Waals surface area contributed by atoms with Gasteiger partial charge in [0, 0.05) is 30.9 Å². The van der Waals surface area contributed by atoms with E-state index in [1.807, 2.05) is 41.5 Å². The van der Waals surface area contributed by atoms with Crippen LogP contribution in [0.3, 0.4) is 0 Å². The molecule has 0 heterocycles. The average Bonchev–Trinajstić information content (AvgIpc) is 2.55. The normalized spacial score (nSPS) is 12.5. The fourth-order valence-corrected chi connectivity index (χ4v) is 5.90. The van der Waals surface area contributed by atoms with Gasteiger partial charge in [0.25, 0.3) is 0 Å². The molecule has 0 radical (unpaired) electrons. The molecule has 28 heavy (non-hydrogen) atoms. The third-order valence-corrected chi connectivity index (χ3v) is 6.87. The summed E-state index contributed by atoms with van der Waals surface area (Å²) in [7, 11) is -3.12. The van der Waals surface area contributed by atoms with Gasteiger partial charge < -0.3 is 18.6 Å². The van der Waals surface area contributed by atoms with Crippen LogP contribution < -0.4 is 5.32 Å². The topological polar surface area (TPSA) is 39.7 Å². The van der Waals surface area contributed by atoms with Crippen molar-refractivity contribution in [2.45, 2.75) is 72.3 Å². The van der Waals surface area contributed by atoms with Crippen LogP contribution in [0.15, 0.2) is 0 Å². The summed E-state index contributed by atoms with van der Waals surface area (Å²) >= 11 is 0. The molecule has 0 unspecified atom stereocenters. The molecule has 1 N–H and O–H groups in total. The lowest BCUT2D eigenvalue weighted by molar-refractivity contribution is 0.00306. The van der Waals surface area contributed by atoms with E-state index >= 15 is 0 Å². The maximum Gasteiger partial charge on any atom is 0.501 e. The second-order valence-electron chi connectivity index (χ2n) is 7.16. The van der Waals surface area contributed by atoms with Gasteiger partial charge >= 0.3 is 8.80 Å². The van der Waals surface area contributed by atoms with Gasteiger partial charge in [-0.1, -0.05) is 0 Å². The Morgan fingerprint density at radius 3 is 1.39 bits per heavy atom. The van der Waals surface area contributed by atoms with Crippen molar-refractivity contribution < 1.29 is 35.2 Å². The molecule has 1 aromatic rings. The van der Waals surface area contributed by atoms with Crippen LogP contribution in [0.4, 0.5) is 27.6 Å². The zero-order valence-electron chi connectivity index (χ0n) is 17.0. The van der Waals surface area contributed by atoms with Crippen LogP contribution in [0, 0.1) is 29.1 Å². The Morgan fingerprint density at radius 2 is 1.04 bits per heavy atom. The minimum Gasteiger partial charge on any atom is -0.380 e. The van der Waals surface area contributed by atoms with Gasteiger partial charge in [0.05, 0.1) is 0 Å². The highest BCUT2D eigenvalue weighted by molar-refractivity contribution is 6.60. The fourth-order valence-electron chi connectivity index (χ4n) is 2.62. The minimum absolute atomic E-state index is 0.0581. The highest BCUT2D eigenvalue weighted by Gasteiger charge is 2.43.